The minimum atomic E-state index is -1.61. The molecule has 1 heteroatoms. The molecule has 1 fully saturated rings. The minimum Gasteiger partial charge on any atom is -0.0626 e. The molecule has 0 spiro atoms. The van der Waals surface area contributed by atoms with Gasteiger partial charge in [0.05, 0.1) is 0 Å². The molecule has 2 aromatic carbocycles. The summed E-state index contributed by atoms with van der Waals surface area (Å²) < 4.78 is 0. The van der Waals surface area contributed by atoms with E-state index in [0.29, 0.717) is 5.04 Å². The number of rotatable bonds is 2. The number of hydrogen-bond acceptors (Lipinski definition) is 0. The van der Waals surface area contributed by atoms with Crippen LogP contribution in [0, 0.1) is 0 Å². The maximum Gasteiger partial charge on any atom is 0.123 e. The van der Waals surface area contributed by atoms with Crippen LogP contribution < -0.4 is 10.4 Å². The summed E-state index contributed by atoms with van der Waals surface area (Å²) in [4.78, 5) is 0. The topological polar surface area (TPSA) is 0 Å². The fourth-order valence-corrected chi connectivity index (χ4v) is 10.0. The molecule has 0 radical (unpaired) electrons. The van der Waals surface area contributed by atoms with Gasteiger partial charge in [0.15, 0.2) is 0 Å². The lowest BCUT2D eigenvalue weighted by Crippen LogP contribution is -2.62. The molecule has 98 valence electrons. The van der Waals surface area contributed by atoms with Gasteiger partial charge in [0, 0.05) is 0 Å². The van der Waals surface area contributed by atoms with Crippen molar-refractivity contribution in [3.63, 3.8) is 0 Å². The molecule has 0 nitrogen and oxygen atoms in total. The Kier molecular flexibility index (Phi) is 3.10. The van der Waals surface area contributed by atoms with E-state index in [1.807, 2.05) is 0 Å². The first-order valence-electron chi connectivity index (χ1n) is 7.28. The van der Waals surface area contributed by atoms with E-state index in [1.165, 1.54) is 18.9 Å². The first-order valence-corrected chi connectivity index (χ1v) is 9.49. The van der Waals surface area contributed by atoms with Gasteiger partial charge in [-0.3, -0.25) is 0 Å². The summed E-state index contributed by atoms with van der Waals surface area (Å²) in [6.45, 7) is 4.98. The predicted molar refractivity (Wildman–Crippen MR) is 86.0 cm³/mol. The summed E-state index contributed by atoms with van der Waals surface area (Å²) in [5.74, 6) is 0. The maximum absolute atomic E-state index is 2.49. The van der Waals surface area contributed by atoms with E-state index in [4.69, 9.17) is 0 Å². The second-order valence-corrected chi connectivity index (χ2v) is 11.2. The number of hydrogen-bond donors (Lipinski definition) is 0. The third-order valence-electron chi connectivity index (χ3n) is 5.04. The Bertz CT molecular complexity index is 503. The van der Waals surface area contributed by atoms with Crippen LogP contribution in [0.15, 0.2) is 60.7 Å². The highest BCUT2D eigenvalue weighted by atomic mass is 28.3. The molecule has 19 heavy (non-hydrogen) atoms. The van der Waals surface area contributed by atoms with Crippen LogP contribution in [0.2, 0.25) is 11.1 Å². The molecule has 1 aliphatic heterocycles. The minimum absolute atomic E-state index is 0.454. The smallest absolute Gasteiger partial charge is 0.0626 e. The second-order valence-electron chi connectivity index (χ2n) is 6.37. The van der Waals surface area contributed by atoms with Crippen molar-refractivity contribution in [3.8, 4) is 0 Å². The molecule has 0 amide bonds. The van der Waals surface area contributed by atoms with Crippen LogP contribution in [0.5, 0.6) is 0 Å². The third-order valence-corrected chi connectivity index (χ3v) is 11.3. The van der Waals surface area contributed by atoms with Gasteiger partial charge in [0.1, 0.15) is 8.07 Å². The van der Waals surface area contributed by atoms with Crippen molar-refractivity contribution in [1.82, 2.24) is 0 Å². The molecule has 1 saturated heterocycles. The molecule has 0 atom stereocenters. The van der Waals surface area contributed by atoms with Gasteiger partial charge in [-0.15, -0.1) is 0 Å². The monoisotopic (exact) mass is 266 g/mol. The molecular formula is C18H22Si. The third kappa shape index (κ3) is 1.88. The number of benzene rings is 2. The molecule has 0 saturated carbocycles. The van der Waals surface area contributed by atoms with Crippen LogP contribution in [-0.4, -0.2) is 8.07 Å². The van der Waals surface area contributed by atoms with Crippen molar-refractivity contribution in [2.75, 3.05) is 0 Å². The van der Waals surface area contributed by atoms with E-state index in [0.717, 1.165) is 0 Å². The molecular weight excluding hydrogens is 244 g/mol. The summed E-state index contributed by atoms with van der Waals surface area (Å²) >= 11 is 0. The highest BCUT2D eigenvalue weighted by Crippen LogP contribution is 2.50. The lowest BCUT2D eigenvalue weighted by atomic mass is 10.1. The Morgan fingerprint density at radius 1 is 0.789 bits per heavy atom. The van der Waals surface area contributed by atoms with Crippen LogP contribution in [0.25, 0.3) is 0 Å². The second kappa shape index (κ2) is 4.64. The quantitative estimate of drug-likeness (QED) is 0.725. The highest BCUT2D eigenvalue weighted by molar-refractivity contribution is 7.04. The summed E-state index contributed by atoms with van der Waals surface area (Å²) in [6.07, 6.45) is 2.74. The Morgan fingerprint density at radius 3 is 1.63 bits per heavy atom. The molecule has 0 aliphatic carbocycles. The fraction of sp³-hybridized carbons (Fsp3) is 0.333. The van der Waals surface area contributed by atoms with Crippen molar-refractivity contribution in [3.05, 3.63) is 60.7 Å². The maximum atomic E-state index is 2.49. The summed E-state index contributed by atoms with van der Waals surface area (Å²) in [6, 6.07) is 24.0. The Labute approximate surface area is 117 Å². The average Bonchev–Trinajstić information content (AvgIpc) is 2.77. The Balaban J connectivity index is 2.23. The normalized spacial score (nSPS) is 20.3. The van der Waals surface area contributed by atoms with Crippen LogP contribution >= 0.6 is 0 Å². The zero-order valence-electron chi connectivity index (χ0n) is 11.9. The van der Waals surface area contributed by atoms with Crippen molar-refractivity contribution < 1.29 is 0 Å². The lowest BCUT2D eigenvalue weighted by Gasteiger charge is -2.41. The van der Waals surface area contributed by atoms with Crippen LogP contribution in [0.4, 0.5) is 0 Å². The highest BCUT2D eigenvalue weighted by Gasteiger charge is 2.52. The summed E-state index contributed by atoms with van der Waals surface area (Å²) in [5.41, 5.74) is 0. The fourth-order valence-electron chi connectivity index (χ4n) is 4.03. The zero-order chi connectivity index (χ0) is 13.3. The van der Waals surface area contributed by atoms with Crippen LogP contribution in [-0.2, 0) is 0 Å². The zero-order valence-corrected chi connectivity index (χ0v) is 12.9. The van der Waals surface area contributed by atoms with Gasteiger partial charge < -0.3 is 0 Å². The van der Waals surface area contributed by atoms with E-state index in [-0.39, 0.29) is 0 Å². The first kappa shape index (κ1) is 12.7. The van der Waals surface area contributed by atoms with Crippen LogP contribution in [0.1, 0.15) is 26.7 Å². The van der Waals surface area contributed by atoms with Crippen molar-refractivity contribution >= 4 is 18.4 Å². The molecule has 1 aliphatic rings. The van der Waals surface area contributed by atoms with Gasteiger partial charge in [0.25, 0.3) is 0 Å². The largest absolute Gasteiger partial charge is 0.123 e. The SMILES string of the molecule is CC1(C)CCC[Si]1(c1ccccc1)c1ccccc1. The molecule has 0 unspecified atom stereocenters. The predicted octanol–water partition coefficient (Wildman–Crippen LogP) is 3.82. The van der Waals surface area contributed by atoms with E-state index < -0.39 is 8.07 Å². The molecule has 3 rings (SSSR count). The van der Waals surface area contributed by atoms with Gasteiger partial charge >= 0.3 is 0 Å². The van der Waals surface area contributed by atoms with Crippen molar-refractivity contribution in [1.29, 1.82) is 0 Å². The van der Waals surface area contributed by atoms with Crippen LogP contribution in [0.3, 0.4) is 0 Å². The standard InChI is InChI=1S/C18H22Si/c1-18(2)14-9-15-19(18,16-10-5-3-6-11-16)17-12-7-4-8-13-17/h3-8,10-13H,9,14-15H2,1-2H3. The van der Waals surface area contributed by atoms with Crippen molar-refractivity contribution in [2.45, 2.75) is 37.8 Å². The molecule has 0 N–H and O–H groups in total. The summed E-state index contributed by atoms with van der Waals surface area (Å²) in [5, 5.41) is 3.68. The van der Waals surface area contributed by atoms with Gasteiger partial charge in [-0.1, -0.05) is 97.7 Å². The van der Waals surface area contributed by atoms with E-state index in [2.05, 4.69) is 74.5 Å². The molecule has 0 aromatic heterocycles. The Morgan fingerprint density at radius 2 is 1.26 bits per heavy atom. The van der Waals surface area contributed by atoms with E-state index in [1.54, 1.807) is 10.4 Å². The van der Waals surface area contributed by atoms with Gasteiger partial charge in [0.2, 0.25) is 0 Å². The lowest BCUT2D eigenvalue weighted by molar-refractivity contribution is 0.629. The average molecular weight is 266 g/mol. The van der Waals surface area contributed by atoms with Gasteiger partial charge in [-0.2, -0.15) is 0 Å². The molecule has 1 heterocycles. The first-order chi connectivity index (χ1) is 9.17. The van der Waals surface area contributed by atoms with Gasteiger partial charge in [-0.25, -0.2) is 0 Å². The van der Waals surface area contributed by atoms with E-state index in [9.17, 15) is 0 Å². The molecule has 2 aromatic rings. The van der Waals surface area contributed by atoms with Crippen molar-refractivity contribution in [2.24, 2.45) is 0 Å². The van der Waals surface area contributed by atoms with E-state index >= 15 is 0 Å². The Hall–Kier alpha value is -1.34. The molecule has 0 bridgehead atoms. The summed E-state index contributed by atoms with van der Waals surface area (Å²) in [7, 11) is -1.61. The van der Waals surface area contributed by atoms with Gasteiger partial charge in [-0.05, 0) is 11.1 Å².